The molecule has 0 aromatic carbocycles. The molecule has 0 radical (unpaired) electrons. The maximum atomic E-state index is 11.1. The van der Waals surface area contributed by atoms with Gasteiger partial charge in [0, 0.05) is 23.2 Å². The minimum absolute atomic E-state index is 0.0269. The van der Waals surface area contributed by atoms with Crippen LogP contribution in [0.2, 0.25) is 0 Å². The second-order valence-corrected chi connectivity index (χ2v) is 3.50. The first-order chi connectivity index (χ1) is 5.79. The van der Waals surface area contributed by atoms with E-state index in [1.807, 2.05) is 17.5 Å². The van der Waals surface area contributed by atoms with Gasteiger partial charge in [-0.25, -0.2) is 0 Å². The SMILES string of the molecule is CC(=O)c1nccc2sccc12. The van der Waals surface area contributed by atoms with Crippen LogP contribution in [0.1, 0.15) is 17.4 Å². The Morgan fingerprint density at radius 3 is 3.08 bits per heavy atom. The molecular formula is C9H7NOS. The third kappa shape index (κ3) is 1.02. The second-order valence-electron chi connectivity index (χ2n) is 2.55. The fourth-order valence-electron chi connectivity index (χ4n) is 1.18. The molecule has 60 valence electrons. The van der Waals surface area contributed by atoms with Gasteiger partial charge in [-0.05, 0) is 17.5 Å². The second kappa shape index (κ2) is 2.68. The summed E-state index contributed by atoms with van der Waals surface area (Å²) in [5.74, 6) is 0.0269. The van der Waals surface area contributed by atoms with Gasteiger partial charge in [0.2, 0.25) is 0 Å². The Balaban J connectivity index is 2.82. The lowest BCUT2D eigenvalue weighted by molar-refractivity contribution is 0.101. The summed E-state index contributed by atoms with van der Waals surface area (Å²) in [6.45, 7) is 1.54. The van der Waals surface area contributed by atoms with E-state index >= 15 is 0 Å². The Labute approximate surface area is 73.9 Å². The Hall–Kier alpha value is -1.22. The molecule has 0 saturated carbocycles. The van der Waals surface area contributed by atoms with Crippen molar-refractivity contribution in [2.45, 2.75) is 6.92 Å². The molecule has 0 spiro atoms. The number of carbonyl (C=O) groups excluding carboxylic acids is 1. The molecule has 0 fully saturated rings. The van der Waals surface area contributed by atoms with Gasteiger partial charge in [-0.3, -0.25) is 9.78 Å². The molecule has 0 aliphatic carbocycles. The predicted molar refractivity (Wildman–Crippen MR) is 49.6 cm³/mol. The molecule has 2 heterocycles. The molecule has 0 atom stereocenters. The first-order valence-electron chi connectivity index (χ1n) is 3.62. The number of rotatable bonds is 1. The average molecular weight is 177 g/mol. The normalized spacial score (nSPS) is 10.4. The minimum Gasteiger partial charge on any atom is -0.293 e. The van der Waals surface area contributed by atoms with Gasteiger partial charge in [-0.2, -0.15) is 0 Å². The largest absolute Gasteiger partial charge is 0.293 e. The van der Waals surface area contributed by atoms with Crippen molar-refractivity contribution in [2.24, 2.45) is 0 Å². The van der Waals surface area contributed by atoms with Gasteiger partial charge in [-0.1, -0.05) is 0 Å². The van der Waals surface area contributed by atoms with Crippen molar-refractivity contribution in [1.82, 2.24) is 4.98 Å². The van der Waals surface area contributed by atoms with E-state index in [2.05, 4.69) is 4.98 Å². The third-order valence-electron chi connectivity index (χ3n) is 1.71. The van der Waals surface area contributed by atoms with Crippen molar-refractivity contribution in [1.29, 1.82) is 0 Å². The zero-order valence-electron chi connectivity index (χ0n) is 6.57. The Bertz CT molecular complexity index is 433. The molecule has 0 unspecified atom stereocenters. The Morgan fingerprint density at radius 1 is 1.50 bits per heavy atom. The van der Waals surface area contributed by atoms with Gasteiger partial charge >= 0.3 is 0 Å². The van der Waals surface area contributed by atoms with Crippen molar-refractivity contribution in [3.8, 4) is 0 Å². The summed E-state index contributed by atoms with van der Waals surface area (Å²) in [5, 5.41) is 2.94. The van der Waals surface area contributed by atoms with Crippen LogP contribution in [0.5, 0.6) is 0 Å². The standard InChI is InChI=1S/C9H7NOS/c1-6(11)9-7-3-5-12-8(7)2-4-10-9/h2-5H,1H3. The highest BCUT2D eigenvalue weighted by molar-refractivity contribution is 7.17. The van der Waals surface area contributed by atoms with Crippen LogP contribution in [-0.2, 0) is 0 Å². The van der Waals surface area contributed by atoms with Crippen LogP contribution in [-0.4, -0.2) is 10.8 Å². The van der Waals surface area contributed by atoms with E-state index in [1.54, 1.807) is 24.5 Å². The number of hydrogen-bond acceptors (Lipinski definition) is 3. The Kier molecular flexibility index (Phi) is 1.66. The van der Waals surface area contributed by atoms with Crippen LogP contribution in [0.3, 0.4) is 0 Å². The van der Waals surface area contributed by atoms with E-state index in [-0.39, 0.29) is 5.78 Å². The van der Waals surface area contributed by atoms with Crippen LogP contribution in [0.25, 0.3) is 10.1 Å². The molecular weight excluding hydrogens is 170 g/mol. The van der Waals surface area contributed by atoms with Crippen molar-refractivity contribution in [2.75, 3.05) is 0 Å². The summed E-state index contributed by atoms with van der Waals surface area (Å²) >= 11 is 1.63. The van der Waals surface area contributed by atoms with E-state index < -0.39 is 0 Å². The summed E-state index contributed by atoms with van der Waals surface area (Å²) in [5.41, 5.74) is 0.578. The number of hydrogen-bond donors (Lipinski definition) is 0. The van der Waals surface area contributed by atoms with Gasteiger partial charge in [0.1, 0.15) is 5.69 Å². The topological polar surface area (TPSA) is 30.0 Å². The molecule has 0 saturated heterocycles. The highest BCUT2D eigenvalue weighted by Gasteiger charge is 2.06. The first kappa shape index (κ1) is 7.43. The van der Waals surface area contributed by atoms with E-state index in [1.165, 1.54) is 0 Å². The van der Waals surface area contributed by atoms with E-state index in [9.17, 15) is 4.79 Å². The van der Waals surface area contributed by atoms with Gasteiger partial charge < -0.3 is 0 Å². The average Bonchev–Trinajstić information content (AvgIpc) is 2.49. The van der Waals surface area contributed by atoms with Crippen LogP contribution in [0.4, 0.5) is 0 Å². The van der Waals surface area contributed by atoms with Crippen molar-refractivity contribution >= 4 is 27.2 Å². The van der Waals surface area contributed by atoms with Crippen LogP contribution < -0.4 is 0 Å². The highest BCUT2D eigenvalue weighted by Crippen LogP contribution is 2.22. The van der Waals surface area contributed by atoms with Gasteiger partial charge in [-0.15, -0.1) is 11.3 Å². The molecule has 2 rings (SSSR count). The number of nitrogens with zero attached hydrogens (tertiary/aromatic N) is 1. The smallest absolute Gasteiger partial charge is 0.178 e. The summed E-state index contributed by atoms with van der Waals surface area (Å²) < 4.78 is 1.12. The number of Topliss-reactive ketones (excluding diaryl/α,β-unsaturated/α-hetero) is 1. The van der Waals surface area contributed by atoms with Crippen molar-refractivity contribution in [3.63, 3.8) is 0 Å². The third-order valence-corrected chi connectivity index (χ3v) is 2.60. The van der Waals surface area contributed by atoms with Gasteiger partial charge in [0.25, 0.3) is 0 Å². The first-order valence-corrected chi connectivity index (χ1v) is 4.50. The predicted octanol–water partition coefficient (Wildman–Crippen LogP) is 2.50. The summed E-state index contributed by atoms with van der Waals surface area (Å²) in [4.78, 5) is 15.1. The maximum Gasteiger partial charge on any atom is 0.178 e. The van der Waals surface area contributed by atoms with Crippen LogP contribution in [0.15, 0.2) is 23.7 Å². The monoisotopic (exact) mass is 177 g/mol. The van der Waals surface area contributed by atoms with E-state index in [0.29, 0.717) is 5.69 Å². The molecule has 0 aliphatic heterocycles. The zero-order valence-corrected chi connectivity index (χ0v) is 7.39. The number of thiophene rings is 1. The number of pyridine rings is 1. The Morgan fingerprint density at radius 2 is 2.33 bits per heavy atom. The van der Waals surface area contributed by atoms with Crippen LogP contribution in [0, 0.1) is 0 Å². The summed E-state index contributed by atoms with van der Waals surface area (Å²) in [6.07, 6.45) is 1.68. The quantitative estimate of drug-likeness (QED) is 0.626. The minimum atomic E-state index is 0.0269. The molecule has 2 aromatic rings. The fourth-order valence-corrected chi connectivity index (χ4v) is 1.96. The molecule has 0 N–H and O–H groups in total. The molecule has 0 bridgehead atoms. The lowest BCUT2D eigenvalue weighted by Gasteiger charge is -1.94. The molecule has 12 heavy (non-hydrogen) atoms. The summed E-state index contributed by atoms with van der Waals surface area (Å²) in [6, 6.07) is 3.86. The van der Waals surface area contributed by atoms with Crippen molar-refractivity contribution in [3.05, 3.63) is 29.4 Å². The van der Waals surface area contributed by atoms with Crippen molar-refractivity contribution < 1.29 is 4.79 Å². The number of ketones is 1. The lowest BCUT2D eigenvalue weighted by atomic mass is 10.2. The summed E-state index contributed by atoms with van der Waals surface area (Å²) in [7, 11) is 0. The highest BCUT2D eigenvalue weighted by atomic mass is 32.1. The number of fused-ring (bicyclic) bond motifs is 1. The molecule has 2 aromatic heterocycles. The number of aromatic nitrogens is 1. The van der Waals surface area contributed by atoms with Gasteiger partial charge in [0.05, 0.1) is 0 Å². The lowest BCUT2D eigenvalue weighted by Crippen LogP contribution is -1.95. The molecule has 3 heteroatoms. The number of carbonyl (C=O) groups is 1. The molecule has 2 nitrogen and oxygen atoms in total. The van der Waals surface area contributed by atoms with E-state index in [4.69, 9.17) is 0 Å². The zero-order chi connectivity index (χ0) is 8.55. The molecule has 0 aliphatic rings. The van der Waals surface area contributed by atoms with E-state index in [0.717, 1.165) is 10.1 Å². The fraction of sp³-hybridized carbons (Fsp3) is 0.111. The molecule has 0 amide bonds. The van der Waals surface area contributed by atoms with Crippen LogP contribution >= 0.6 is 11.3 Å². The maximum absolute atomic E-state index is 11.1. The van der Waals surface area contributed by atoms with Gasteiger partial charge in [0.15, 0.2) is 5.78 Å².